The predicted octanol–water partition coefficient (Wildman–Crippen LogP) is 2.06. The average Bonchev–Trinajstić information content (AvgIpc) is 2.30. The zero-order valence-corrected chi connectivity index (χ0v) is 10.7. The van der Waals surface area contributed by atoms with E-state index in [0.717, 1.165) is 45.1 Å². The van der Waals surface area contributed by atoms with Crippen LogP contribution in [0.1, 0.15) is 52.4 Å². The minimum atomic E-state index is 0.165. The fourth-order valence-corrected chi connectivity index (χ4v) is 2.43. The van der Waals surface area contributed by atoms with Gasteiger partial charge in [-0.05, 0) is 25.2 Å². The molecular weight excluding hydrogens is 200 g/mol. The third-order valence-electron chi connectivity index (χ3n) is 3.81. The largest absolute Gasteiger partial charge is 0.356 e. The Hall–Kier alpha value is -0.570. The van der Waals surface area contributed by atoms with Gasteiger partial charge in [0.1, 0.15) is 0 Å². The van der Waals surface area contributed by atoms with Gasteiger partial charge in [0.25, 0.3) is 0 Å². The summed E-state index contributed by atoms with van der Waals surface area (Å²) >= 11 is 0. The van der Waals surface area contributed by atoms with Crippen molar-refractivity contribution in [3.63, 3.8) is 0 Å². The maximum atomic E-state index is 11.9. The molecule has 1 fully saturated rings. The highest BCUT2D eigenvalue weighted by Gasteiger charge is 2.25. The molecule has 2 unspecified atom stereocenters. The van der Waals surface area contributed by atoms with E-state index in [9.17, 15) is 4.79 Å². The molecule has 16 heavy (non-hydrogen) atoms. The Morgan fingerprint density at radius 1 is 1.38 bits per heavy atom. The zero-order valence-electron chi connectivity index (χ0n) is 10.7. The second-order valence-electron chi connectivity index (χ2n) is 5.05. The van der Waals surface area contributed by atoms with Crippen molar-refractivity contribution in [3.05, 3.63) is 0 Å². The lowest BCUT2D eigenvalue weighted by molar-refractivity contribution is -0.126. The molecule has 1 rings (SSSR count). The number of nitrogens with one attached hydrogen (secondary N) is 1. The first-order valence-electron chi connectivity index (χ1n) is 6.70. The van der Waals surface area contributed by atoms with Gasteiger partial charge in [-0.15, -0.1) is 0 Å². The van der Waals surface area contributed by atoms with Crippen molar-refractivity contribution in [1.82, 2.24) is 5.32 Å². The third kappa shape index (κ3) is 4.12. The molecule has 0 aromatic carbocycles. The Morgan fingerprint density at radius 3 is 2.62 bits per heavy atom. The topological polar surface area (TPSA) is 55.1 Å². The van der Waals surface area contributed by atoms with Crippen molar-refractivity contribution in [3.8, 4) is 0 Å². The zero-order chi connectivity index (χ0) is 12.0. The van der Waals surface area contributed by atoms with Gasteiger partial charge in [-0.2, -0.15) is 0 Å². The first-order chi connectivity index (χ1) is 7.67. The van der Waals surface area contributed by atoms with E-state index in [-0.39, 0.29) is 17.9 Å². The molecule has 1 saturated carbocycles. The molecule has 1 aliphatic rings. The summed E-state index contributed by atoms with van der Waals surface area (Å²) in [7, 11) is 0. The quantitative estimate of drug-likeness (QED) is 0.754. The summed E-state index contributed by atoms with van der Waals surface area (Å²) in [4.78, 5) is 11.9. The van der Waals surface area contributed by atoms with Crippen LogP contribution in [0.4, 0.5) is 0 Å². The van der Waals surface area contributed by atoms with Crippen LogP contribution in [-0.4, -0.2) is 18.5 Å². The fraction of sp³-hybridized carbons (Fsp3) is 0.923. The summed E-state index contributed by atoms with van der Waals surface area (Å²) in [6.07, 6.45) is 6.35. The number of rotatable bonds is 5. The van der Waals surface area contributed by atoms with E-state index in [1.54, 1.807) is 0 Å². The van der Waals surface area contributed by atoms with Gasteiger partial charge in [0.2, 0.25) is 5.91 Å². The van der Waals surface area contributed by atoms with Crippen LogP contribution in [0.5, 0.6) is 0 Å². The number of hydrogen-bond donors (Lipinski definition) is 2. The van der Waals surface area contributed by atoms with E-state index >= 15 is 0 Å². The summed E-state index contributed by atoms with van der Waals surface area (Å²) in [5, 5.41) is 3.08. The molecule has 0 bridgehead atoms. The summed E-state index contributed by atoms with van der Waals surface area (Å²) in [6.45, 7) is 5.19. The molecule has 3 N–H and O–H groups in total. The number of nitrogens with two attached hydrogens (primary N) is 1. The first-order valence-corrected chi connectivity index (χ1v) is 6.70. The molecule has 0 spiro atoms. The van der Waals surface area contributed by atoms with Crippen molar-refractivity contribution >= 4 is 5.91 Å². The minimum Gasteiger partial charge on any atom is -0.356 e. The van der Waals surface area contributed by atoms with E-state index in [0.29, 0.717) is 5.92 Å². The number of hydrogen-bond acceptors (Lipinski definition) is 2. The van der Waals surface area contributed by atoms with Gasteiger partial charge < -0.3 is 11.1 Å². The van der Waals surface area contributed by atoms with Crippen molar-refractivity contribution in [2.45, 2.75) is 58.4 Å². The van der Waals surface area contributed by atoms with Gasteiger partial charge in [-0.25, -0.2) is 0 Å². The second-order valence-corrected chi connectivity index (χ2v) is 5.05. The molecular formula is C13H26N2O. The smallest absolute Gasteiger partial charge is 0.223 e. The third-order valence-corrected chi connectivity index (χ3v) is 3.81. The van der Waals surface area contributed by atoms with E-state index in [4.69, 9.17) is 5.73 Å². The van der Waals surface area contributed by atoms with Crippen molar-refractivity contribution < 1.29 is 4.79 Å². The van der Waals surface area contributed by atoms with Crippen LogP contribution >= 0.6 is 0 Å². The molecule has 0 aromatic heterocycles. The molecule has 94 valence electrons. The monoisotopic (exact) mass is 226 g/mol. The molecule has 0 aliphatic heterocycles. The van der Waals surface area contributed by atoms with Gasteiger partial charge in [-0.1, -0.05) is 33.1 Å². The summed E-state index contributed by atoms with van der Waals surface area (Å²) in [5.41, 5.74) is 5.89. The second kappa shape index (κ2) is 6.89. The average molecular weight is 226 g/mol. The highest BCUT2D eigenvalue weighted by atomic mass is 16.1. The molecule has 1 aliphatic carbocycles. The summed E-state index contributed by atoms with van der Waals surface area (Å²) in [6, 6.07) is 0.234. The van der Waals surface area contributed by atoms with Crippen LogP contribution in [0.25, 0.3) is 0 Å². The Kier molecular flexibility index (Phi) is 5.81. The predicted molar refractivity (Wildman–Crippen MR) is 67.0 cm³/mol. The van der Waals surface area contributed by atoms with Crippen LogP contribution in [0.2, 0.25) is 0 Å². The van der Waals surface area contributed by atoms with E-state index in [2.05, 4.69) is 19.2 Å². The van der Waals surface area contributed by atoms with Gasteiger partial charge in [0.15, 0.2) is 0 Å². The van der Waals surface area contributed by atoms with E-state index in [1.807, 2.05) is 0 Å². The molecule has 2 atom stereocenters. The lowest BCUT2D eigenvalue weighted by atomic mass is 9.85. The van der Waals surface area contributed by atoms with E-state index < -0.39 is 0 Å². The normalized spacial score (nSPS) is 25.8. The van der Waals surface area contributed by atoms with Crippen LogP contribution in [0, 0.1) is 11.8 Å². The maximum Gasteiger partial charge on any atom is 0.223 e. The van der Waals surface area contributed by atoms with Crippen molar-refractivity contribution in [2.24, 2.45) is 17.6 Å². The van der Waals surface area contributed by atoms with Crippen LogP contribution in [0.15, 0.2) is 0 Å². The van der Waals surface area contributed by atoms with Crippen LogP contribution in [0.3, 0.4) is 0 Å². The molecule has 3 nitrogen and oxygen atoms in total. The molecule has 0 radical (unpaired) electrons. The van der Waals surface area contributed by atoms with Crippen molar-refractivity contribution in [1.29, 1.82) is 0 Å². The number of carbonyl (C=O) groups is 1. The van der Waals surface area contributed by atoms with Crippen molar-refractivity contribution in [2.75, 3.05) is 6.54 Å². The molecule has 0 heterocycles. The standard InChI is InChI=1S/C13H26N2O/c1-3-10(4-2)9-15-13(16)11-6-5-7-12(14)8-11/h10-12H,3-9,14H2,1-2H3,(H,15,16). The van der Waals surface area contributed by atoms with Gasteiger partial charge in [0.05, 0.1) is 0 Å². The first kappa shape index (κ1) is 13.5. The highest BCUT2D eigenvalue weighted by Crippen LogP contribution is 2.23. The summed E-state index contributed by atoms with van der Waals surface area (Å²) < 4.78 is 0. The molecule has 1 amide bonds. The molecule has 0 aromatic rings. The molecule has 0 saturated heterocycles. The Balaban J connectivity index is 2.28. The SMILES string of the molecule is CCC(CC)CNC(=O)C1CCCC(N)C1. The minimum absolute atomic E-state index is 0.165. The van der Waals surface area contributed by atoms with Crippen LogP contribution in [-0.2, 0) is 4.79 Å². The summed E-state index contributed by atoms with van der Waals surface area (Å²) in [5.74, 6) is 1.02. The highest BCUT2D eigenvalue weighted by molar-refractivity contribution is 5.78. The van der Waals surface area contributed by atoms with Gasteiger partial charge in [-0.3, -0.25) is 4.79 Å². The van der Waals surface area contributed by atoms with E-state index in [1.165, 1.54) is 0 Å². The Labute approximate surface area is 99.2 Å². The van der Waals surface area contributed by atoms with Gasteiger partial charge in [0, 0.05) is 18.5 Å². The lowest BCUT2D eigenvalue weighted by Crippen LogP contribution is -2.39. The number of carbonyl (C=O) groups excluding carboxylic acids is 1. The Bertz CT molecular complexity index is 214. The Morgan fingerprint density at radius 2 is 2.06 bits per heavy atom. The fourth-order valence-electron chi connectivity index (χ4n) is 2.43. The molecule has 3 heteroatoms. The van der Waals surface area contributed by atoms with Crippen LogP contribution < -0.4 is 11.1 Å². The lowest BCUT2D eigenvalue weighted by Gasteiger charge is -2.26. The van der Waals surface area contributed by atoms with Gasteiger partial charge >= 0.3 is 0 Å². The number of amides is 1. The maximum absolute atomic E-state index is 11.9.